The Balaban J connectivity index is 1.33. The summed E-state index contributed by atoms with van der Waals surface area (Å²) in [6.07, 6.45) is 5.29. The summed E-state index contributed by atoms with van der Waals surface area (Å²) in [4.78, 5) is 12.3. The Kier molecular flexibility index (Phi) is 7.25. The molecule has 7 nitrogen and oxygen atoms in total. The van der Waals surface area contributed by atoms with E-state index < -0.39 is 0 Å². The van der Waals surface area contributed by atoms with Gasteiger partial charge in [0.2, 0.25) is 0 Å². The maximum Gasteiger partial charge on any atom is 0.194 e. The molecule has 1 atom stereocenters. The largest absolute Gasteiger partial charge is 0.357 e. The van der Waals surface area contributed by atoms with E-state index in [1.165, 1.54) is 16.7 Å². The van der Waals surface area contributed by atoms with Crippen molar-refractivity contribution in [3.63, 3.8) is 0 Å². The van der Waals surface area contributed by atoms with Gasteiger partial charge in [0.05, 0.1) is 12.7 Å². The van der Waals surface area contributed by atoms with Crippen LogP contribution in [0, 0.1) is 0 Å². The van der Waals surface area contributed by atoms with E-state index >= 15 is 0 Å². The lowest BCUT2D eigenvalue weighted by atomic mass is 10.0. The average molecular weight is 424 g/mol. The van der Waals surface area contributed by atoms with Crippen LogP contribution in [0.4, 0.5) is 0 Å². The van der Waals surface area contributed by atoms with E-state index in [2.05, 4.69) is 69.5 Å². The fourth-order valence-electron chi connectivity index (χ4n) is 4.48. The predicted octanol–water partition coefficient (Wildman–Crippen LogP) is 2.12. The van der Waals surface area contributed by atoms with Crippen LogP contribution < -0.4 is 5.32 Å². The van der Waals surface area contributed by atoms with Gasteiger partial charge in [0, 0.05) is 71.5 Å². The summed E-state index contributed by atoms with van der Waals surface area (Å²) in [5.74, 6) is 1.56. The average Bonchev–Trinajstić information content (AvgIpc) is 3.43. The van der Waals surface area contributed by atoms with Gasteiger partial charge < -0.3 is 15.1 Å². The second-order valence-corrected chi connectivity index (χ2v) is 8.95. The molecule has 1 unspecified atom stereocenters. The van der Waals surface area contributed by atoms with E-state index in [-0.39, 0.29) is 0 Å². The number of likely N-dealkylation sites (tertiary alicyclic amines) is 1. The molecule has 3 heterocycles. The van der Waals surface area contributed by atoms with Crippen LogP contribution in [0.5, 0.6) is 0 Å². The van der Waals surface area contributed by atoms with E-state index in [1.54, 1.807) is 0 Å². The maximum atomic E-state index is 4.95. The molecule has 2 fully saturated rings. The summed E-state index contributed by atoms with van der Waals surface area (Å²) in [6.45, 7) is 11.5. The molecule has 1 N–H and O–H groups in total. The zero-order valence-electron chi connectivity index (χ0n) is 19.3. The smallest absolute Gasteiger partial charge is 0.194 e. The predicted molar refractivity (Wildman–Crippen MR) is 126 cm³/mol. The number of guanidine groups is 1. The van der Waals surface area contributed by atoms with E-state index in [4.69, 9.17) is 4.99 Å². The van der Waals surface area contributed by atoms with Crippen LogP contribution in [0.1, 0.15) is 36.0 Å². The number of hydrogen-bond acceptors (Lipinski definition) is 4. The van der Waals surface area contributed by atoms with Crippen LogP contribution in [0.2, 0.25) is 0 Å². The van der Waals surface area contributed by atoms with Crippen LogP contribution in [-0.4, -0.2) is 83.3 Å². The number of aliphatic imine (C=N–C) groups is 1. The third-order valence-electron chi connectivity index (χ3n) is 6.46. The van der Waals surface area contributed by atoms with Crippen LogP contribution in [-0.2, 0) is 20.1 Å². The Morgan fingerprint density at radius 2 is 1.81 bits per heavy atom. The molecule has 0 bridgehead atoms. The quantitative estimate of drug-likeness (QED) is 0.570. The lowest BCUT2D eigenvalue weighted by Crippen LogP contribution is -2.43. The molecule has 0 saturated carbocycles. The summed E-state index contributed by atoms with van der Waals surface area (Å²) in [5.41, 5.74) is 3.99. The zero-order valence-corrected chi connectivity index (χ0v) is 19.3. The maximum absolute atomic E-state index is 4.95. The molecule has 7 heteroatoms. The Morgan fingerprint density at radius 3 is 2.48 bits per heavy atom. The first-order chi connectivity index (χ1) is 15.1. The molecule has 31 heavy (non-hydrogen) atoms. The third-order valence-corrected chi connectivity index (χ3v) is 6.46. The van der Waals surface area contributed by atoms with Gasteiger partial charge in [0.25, 0.3) is 0 Å². The molecule has 1 aromatic carbocycles. The minimum atomic E-state index is 0.534. The molecule has 0 aliphatic carbocycles. The first-order valence-electron chi connectivity index (χ1n) is 11.6. The van der Waals surface area contributed by atoms with Gasteiger partial charge in [-0.05, 0) is 37.1 Å². The number of hydrogen-bond donors (Lipinski definition) is 1. The van der Waals surface area contributed by atoms with Gasteiger partial charge in [-0.25, -0.2) is 4.99 Å². The van der Waals surface area contributed by atoms with Crippen LogP contribution in [0.15, 0.2) is 41.7 Å². The number of aryl methyl sites for hydroxylation is 1. The fourth-order valence-corrected chi connectivity index (χ4v) is 4.48. The number of rotatable bonds is 6. The van der Waals surface area contributed by atoms with Gasteiger partial charge in [0.15, 0.2) is 5.96 Å². The molecule has 4 rings (SSSR count). The van der Waals surface area contributed by atoms with Gasteiger partial charge in [-0.1, -0.05) is 24.3 Å². The number of likely N-dealkylation sites (N-methyl/N-ethyl adjacent to an activating group) is 1. The molecule has 2 aliphatic rings. The molecular formula is C24H37N7. The van der Waals surface area contributed by atoms with Gasteiger partial charge in [-0.2, -0.15) is 5.10 Å². The number of nitrogens with one attached hydrogen (secondary N) is 1. The fraction of sp³-hybridized carbons (Fsp3) is 0.583. The molecule has 2 aliphatic heterocycles. The summed E-state index contributed by atoms with van der Waals surface area (Å²) in [5, 5.41) is 7.82. The molecular weight excluding hydrogens is 386 g/mol. The number of piperazine rings is 1. The Bertz CT molecular complexity index is 849. The molecule has 1 aromatic heterocycles. The Morgan fingerprint density at radius 1 is 1.06 bits per heavy atom. The van der Waals surface area contributed by atoms with Crippen molar-refractivity contribution in [3.05, 3.63) is 53.3 Å². The third kappa shape index (κ3) is 5.86. The van der Waals surface area contributed by atoms with Crippen molar-refractivity contribution in [2.75, 3.05) is 52.9 Å². The minimum Gasteiger partial charge on any atom is -0.357 e. The van der Waals surface area contributed by atoms with Crippen molar-refractivity contribution in [2.24, 2.45) is 12.0 Å². The first-order valence-corrected chi connectivity index (χ1v) is 11.6. The van der Waals surface area contributed by atoms with E-state index in [1.807, 2.05) is 17.9 Å². The normalized spacial score (nSPS) is 21.1. The van der Waals surface area contributed by atoms with E-state index in [0.29, 0.717) is 12.5 Å². The molecule has 2 aromatic rings. The van der Waals surface area contributed by atoms with Crippen molar-refractivity contribution in [1.29, 1.82) is 0 Å². The van der Waals surface area contributed by atoms with Gasteiger partial charge in [-0.3, -0.25) is 9.58 Å². The van der Waals surface area contributed by atoms with Crippen molar-refractivity contribution >= 4 is 5.96 Å². The van der Waals surface area contributed by atoms with Gasteiger partial charge in [0.1, 0.15) is 0 Å². The van der Waals surface area contributed by atoms with Crippen LogP contribution in [0.25, 0.3) is 0 Å². The van der Waals surface area contributed by atoms with Crippen molar-refractivity contribution in [1.82, 2.24) is 29.8 Å². The standard InChI is InChI=1S/C24H37N7/c1-4-25-24(31-10-9-22(19-31)23-16-27-29(3)18-23)26-15-20-5-7-21(8-6-20)17-30-13-11-28(2)12-14-30/h5-8,16,18,22H,4,9-15,17,19H2,1-3H3,(H,25,26). The second-order valence-electron chi connectivity index (χ2n) is 8.95. The molecule has 168 valence electrons. The molecule has 0 amide bonds. The topological polar surface area (TPSA) is 51.9 Å². The Labute approximate surface area is 186 Å². The highest BCUT2D eigenvalue weighted by atomic mass is 15.3. The summed E-state index contributed by atoms with van der Waals surface area (Å²) < 4.78 is 1.89. The summed E-state index contributed by atoms with van der Waals surface area (Å²) in [7, 11) is 4.19. The number of nitrogens with zero attached hydrogens (tertiary/aromatic N) is 6. The molecule has 0 radical (unpaired) electrons. The highest BCUT2D eigenvalue weighted by Gasteiger charge is 2.26. The lowest BCUT2D eigenvalue weighted by Gasteiger charge is -2.32. The first kappa shape index (κ1) is 21.8. The molecule has 2 saturated heterocycles. The van der Waals surface area contributed by atoms with Crippen LogP contribution in [0.3, 0.4) is 0 Å². The Hall–Kier alpha value is -2.38. The molecule has 0 spiro atoms. The number of benzene rings is 1. The van der Waals surface area contributed by atoms with E-state index in [0.717, 1.165) is 64.7 Å². The van der Waals surface area contributed by atoms with Crippen molar-refractivity contribution in [2.45, 2.75) is 32.4 Å². The minimum absolute atomic E-state index is 0.534. The van der Waals surface area contributed by atoms with Crippen molar-refractivity contribution < 1.29 is 0 Å². The highest BCUT2D eigenvalue weighted by Crippen LogP contribution is 2.26. The lowest BCUT2D eigenvalue weighted by molar-refractivity contribution is 0.148. The zero-order chi connectivity index (χ0) is 21.6. The second kappa shape index (κ2) is 10.3. The SMILES string of the molecule is CCNC(=NCc1ccc(CN2CCN(C)CC2)cc1)N1CCC(c2cnn(C)c2)C1. The van der Waals surface area contributed by atoms with Crippen molar-refractivity contribution in [3.8, 4) is 0 Å². The summed E-state index contributed by atoms with van der Waals surface area (Å²) >= 11 is 0. The highest BCUT2D eigenvalue weighted by molar-refractivity contribution is 5.80. The van der Waals surface area contributed by atoms with Crippen LogP contribution >= 0.6 is 0 Å². The van der Waals surface area contributed by atoms with Gasteiger partial charge >= 0.3 is 0 Å². The summed E-state index contributed by atoms with van der Waals surface area (Å²) in [6, 6.07) is 9.01. The van der Waals surface area contributed by atoms with E-state index in [9.17, 15) is 0 Å². The monoisotopic (exact) mass is 423 g/mol. The number of aromatic nitrogens is 2. The van der Waals surface area contributed by atoms with Gasteiger partial charge in [-0.15, -0.1) is 0 Å².